The molecule has 4 nitrogen and oxygen atoms in total. The molecule has 0 radical (unpaired) electrons. The fourth-order valence-electron chi connectivity index (χ4n) is 3.72. The molecular weight excluding hydrogens is 298 g/mol. The van der Waals surface area contributed by atoms with Crippen molar-refractivity contribution in [1.82, 2.24) is 14.9 Å². The summed E-state index contributed by atoms with van der Waals surface area (Å²) >= 11 is 0. The zero-order valence-corrected chi connectivity index (χ0v) is 13.6. The molecule has 0 aliphatic carbocycles. The molecule has 2 aromatic heterocycles. The lowest BCUT2D eigenvalue weighted by Crippen LogP contribution is -2.43. The van der Waals surface area contributed by atoms with Crippen LogP contribution in [0.3, 0.4) is 0 Å². The number of fused-ring (bicyclic) bond motifs is 2. The molecule has 0 N–H and O–H groups in total. The van der Waals surface area contributed by atoms with Gasteiger partial charge in [-0.05, 0) is 56.3 Å². The van der Waals surface area contributed by atoms with Crippen molar-refractivity contribution in [3.8, 4) is 0 Å². The van der Waals surface area contributed by atoms with Crippen LogP contribution in [0, 0.1) is 0 Å². The molecule has 0 spiro atoms. The zero-order valence-electron chi connectivity index (χ0n) is 13.6. The summed E-state index contributed by atoms with van der Waals surface area (Å²) in [4.78, 5) is 24.1. The molecule has 2 saturated heterocycles. The number of likely N-dealkylation sites (N-methyl/N-ethyl adjacent to an activating group) is 1. The van der Waals surface area contributed by atoms with E-state index in [0.717, 1.165) is 35.4 Å². The number of Topliss-reactive ketones (excluding diaryl/α,β-unsaturated/α-hetero) is 1. The Morgan fingerprint density at radius 2 is 1.42 bits per heavy atom. The van der Waals surface area contributed by atoms with E-state index in [1.54, 1.807) is 12.4 Å². The van der Waals surface area contributed by atoms with Crippen LogP contribution in [0.15, 0.2) is 59.9 Å². The Hall–Kier alpha value is -2.59. The van der Waals surface area contributed by atoms with Crippen molar-refractivity contribution in [1.29, 1.82) is 0 Å². The first-order valence-electron chi connectivity index (χ1n) is 8.26. The highest BCUT2D eigenvalue weighted by Gasteiger charge is 2.44. The molecule has 2 bridgehead atoms. The molecule has 4 rings (SSSR count). The number of aromatic nitrogens is 2. The largest absolute Gasteiger partial charge is 0.292 e. The number of pyridine rings is 2. The van der Waals surface area contributed by atoms with Crippen LogP contribution in [0.2, 0.25) is 0 Å². The highest BCUT2D eigenvalue weighted by Crippen LogP contribution is 2.40. The van der Waals surface area contributed by atoms with Crippen molar-refractivity contribution in [2.24, 2.45) is 0 Å². The van der Waals surface area contributed by atoms with Crippen LogP contribution in [0.1, 0.15) is 24.2 Å². The number of carbonyl (C=O) groups is 1. The van der Waals surface area contributed by atoms with Gasteiger partial charge < -0.3 is 0 Å². The monoisotopic (exact) mass is 317 g/mol. The van der Waals surface area contributed by atoms with E-state index in [-0.39, 0.29) is 17.9 Å². The number of piperidine rings is 1. The van der Waals surface area contributed by atoms with Crippen molar-refractivity contribution >= 4 is 17.9 Å². The van der Waals surface area contributed by atoms with E-state index in [2.05, 4.69) is 21.9 Å². The maximum atomic E-state index is 13.1. The van der Waals surface area contributed by atoms with E-state index >= 15 is 0 Å². The van der Waals surface area contributed by atoms with Crippen LogP contribution in [0.25, 0.3) is 12.2 Å². The van der Waals surface area contributed by atoms with Crippen molar-refractivity contribution in [2.75, 3.05) is 7.05 Å². The molecule has 2 aliphatic heterocycles. The Morgan fingerprint density at radius 3 is 1.83 bits per heavy atom. The van der Waals surface area contributed by atoms with Crippen LogP contribution in [0.5, 0.6) is 0 Å². The van der Waals surface area contributed by atoms with Gasteiger partial charge in [0.15, 0.2) is 5.78 Å². The third-order valence-corrected chi connectivity index (χ3v) is 4.92. The molecule has 4 heteroatoms. The summed E-state index contributed by atoms with van der Waals surface area (Å²) in [5.74, 6) is 0.136. The van der Waals surface area contributed by atoms with Crippen LogP contribution >= 0.6 is 0 Å². The maximum Gasteiger partial charge on any atom is 0.188 e. The Labute approximate surface area is 141 Å². The van der Waals surface area contributed by atoms with Crippen molar-refractivity contribution < 1.29 is 4.79 Å². The minimum Gasteiger partial charge on any atom is -0.292 e. The normalized spacial score (nSPS) is 27.1. The van der Waals surface area contributed by atoms with Gasteiger partial charge in [-0.3, -0.25) is 19.7 Å². The Balaban J connectivity index is 1.78. The van der Waals surface area contributed by atoms with Gasteiger partial charge in [-0.1, -0.05) is 12.1 Å². The number of carbonyl (C=O) groups excluding carboxylic acids is 1. The van der Waals surface area contributed by atoms with Crippen molar-refractivity contribution in [2.45, 2.75) is 24.9 Å². The third kappa shape index (κ3) is 2.59. The smallest absolute Gasteiger partial charge is 0.188 e. The minimum atomic E-state index is 0.136. The molecule has 2 atom stereocenters. The van der Waals surface area contributed by atoms with Crippen LogP contribution in [-0.4, -0.2) is 39.8 Å². The van der Waals surface area contributed by atoms with E-state index in [0.29, 0.717) is 0 Å². The second kappa shape index (κ2) is 6.13. The summed E-state index contributed by atoms with van der Waals surface area (Å²) in [6, 6.07) is 11.9. The first-order chi connectivity index (χ1) is 11.7. The fourth-order valence-corrected chi connectivity index (χ4v) is 3.72. The van der Waals surface area contributed by atoms with Gasteiger partial charge in [-0.25, -0.2) is 0 Å². The van der Waals surface area contributed by atoms with E-state index < -0.39 is 0 Å². The van der Waals surface area contributed by atoms with Gasteiger partial charge in [0.1, 0.15) is 0 Å². The van der Waals surface area contributed by atoms with E-state index in [1.807, 2.05) is 48.6 Å². The van der Waals surface area contributed by atoms with Gasteiger partial charge >= 0.3 is 0 Å². The Morgan fingerprint density at radius 1 is 0.917 bits per heavy atom. The van der Waals surface area contributed by atoms with Gasteiger partial charge in [0.05, 0.1) is 11.4 Å². The SMILES string of the molecule is CN1[C@@H]2CC[C@H]1/C(=C/c1ccccn1)C(=O)/C2=C\c1ccccn1. The van der Waals surface area contributed by atoms with Gasteiger partial charge in [0.2, 0.25) is 0 Å². The highest BCUT2D eigenvalue weighted by molar-refractivity contribution is 6.16. The quantitative estimate of drug-likeness (QED) is 0.799. The van der Waals surface area contributed by atoms with Gasteiger partial charge in [-0.2, -0.15) is 0 Å². The van der Waals surface area contributed by atoms with Crippen LogP contribution in [0.4, 0.5) is 0 Å². The van der Waals surface area contributed by atoms with Gasteiger partial charge in [-0.15, -0.1) is 0 Å². The predicted octanol–water partition coefficient (Wildman–Crippen LogP) is 2.99. The summed E-state index contributed by atoms with van der Waals surface area (Å²) in [5, 5.41) is 0. The van der Waals surface area contributed by atoms with E-state index in [1.165, 1.54) is 0 Å². The summed E-state index contributed by atoms with van der Waals surface area (Å²) in [6.45, 7) is 0. The third-order valence-electron chi connectivity index (χ3n) is 4.92. The van der Waals surface area contributed by atoms with Crippen LogP contribution in [-0.2, 0) is 4.79 Å². The van der Waals surface area contributed by atoms with Gasteiger partial charge in [0.25, 0.3) is 0 Å². The lowest BCUT2D eigenvalue weighted by Gasteiger charge is -2.34. The van der Waals surface area contributed by atoms with Crippen LogP contribution < -0.4 is 0 Å². The second-order valence-electron chi connectivity index (χ2n) is 6.31. The van der Waals surface area contributed by atoms with Crippen molar-refractivity contribution in [3.63, 3.8) is 0 Å². The number of nitrogens with zero attached hydrogens (tertiary/aromatic N) is 3. The predicted molar refractivity (Wildman–Crippen MR) is 94.0 cm³/mol. The molecule has 2 fully saturated rings. The molecule has 0 saturated carbocycles. The van der Waals surface area contributed by atoms with Gasteiger partial charge in [0, 0.05) is 35.6 Å². The summed E-state index contributed by atoms with van der Waals surface area (Å²) in [7, 11) is 2.10. The first kappa shape index (κ1) is 15.0. The number of rotatable bonds is 2. The lowest BCUT2D eigenvalue weighted by molar-refractivity contribution is -0.114. The number of hydrogen-bond donors (Lipinski definition) is 0. The summed E-state index contributed by atoms with van der Waals surface area (Å²) in [6.07, 6.45) is 9.40. The average molecular weight is 317 g/mol. The topological polar surface area (TPSA) is 46.1 Å². The molecule has 0 unspecified atom stereocenters. The maximum absolute atomic E-state index is 13.1. The molecule has 2 aromatic rings. The standard InChI is InChI=1S/C20H19N3O/c1-23-18-8-9-19(23)17(13-15-7-3-5-11-22-15)20(24)16(18)12-14-6-2-4-10-21-14/h2-7,10-13,18-19H,8-9H2,1H3/b16-12-,17-13-/t18-,19+. The number of ketones is 1. The second-order valence-corrected chi connectivity index (χ2v) is 6.31. The molecular formula is C20H19N3O. The molecule has 0 amide bonds. The van der Waals surface area contributed by atoms with E-state index in [9.17, 15) is 4.79 Å². The summed E-state index contributed by atoms with van der Waals surface area (Å²) in [5.41, 5.74) is 3.34. The highest BCUT2D eigenvalue weighted by atomic mass is 16.1. The molecule has 0 aromatic carbocycles. The Kier molecular flexibility index (Phi) is 3.82. The average Bonchev–Trinajstić information content (AvgIpc) is 2.93. The zero-order chi connectivity index (χ0) is 16.5. The minimum absolute atomic E-state index is 0.136. The molecule has 4 heterocycles. The van der Waals surface area contributed by atoms with E-state index in [4.69, 9.17) is 0 Å². The molecule has 2 aliphatic rings. The Bertz CT molecular complexity index is 744. The molecule has 24 heavy (non-hydrogen) atoms. The number of hydrogen-bond acceptors (Lipinski definition) is 4. The lowest BCUT2D eigenvalue weighted by atomic mass is 9.89. The molecule has 120 valence electrons. The first-order valence-corrected chi connectivity index (χ1v) is 8.26. The fraction of sp³-hybridized carbons (Fsp3) is 0.250. The van der Waals surface area contributed by atoms with Crippen molar-refractivity contribution in [3.05, 3.63) is 71.3 Å². The summed E-state index contributed by atoms with van der Waals surface area (Å²) < 4.78 is 0.